The van der Waals surface area contributed by atoms with Crippen molar-refractivity contribution < 1.29 is 13.6 Å². The lowest BCUT2D eigenvalue weighted by molar-refractivity contribution is 0.0786. The third-order valence-electron chi connectivity index (χ3n) is 4.93. The number of halogens is 2. The van der Waals surface area contributed by atoms with Gasteiger partial charge >= 0.3 is 0 Å². The van der Waals surface area contributed by atoms with E-state index in [4.69, 9.17) is 0 Å². The Labute approximate surface area is 171 Å². The molecule has 0 N–H and O–H groups in total. The molecule has 4 aromatic rings. The van der Waals surface area contributed by atoms with Gasteiger partial charge < -0.3 is 4.90 Å². The second kappa shape index (κ2) is 7.91. The van der Waals surface area contributed by atoms with Crippen LogP contribution in [0, 0.1) is 11.6 Å². The van der Waals surface area contributed by atoms with Gasteiger partial charge in [-0.25, -0.2) is 8.78 Å². The van der Waals surface area contributed by atoms with Gasteiger partial charge in [-0.1, -0.05) is 48.5 Å². The summed E-state index contributed by atoms with van der Waals surface area (Å²) in [4.78, 5) is 27.8. The summed E-state index contributed by atoms with van der Waals surface area (Å²) < 4.78 is 28.8. The summed E-state index contributed by atoms with van der Waals surface area (Å²) in [7, 11) is 1.66. The first-order chi connectivity index (χ1) is 14.5. The van der Waals surface area contributed by atoms with Crippen LogP contribution in [-0.4, -0.2) is 22.4 Å². The van der Waals surface area contributed by atoms with Crippen molar-refractivity contribution in [2.75, 3.05) is 7.05 Å². The van der Waals surface area contributed by atoms with Crippen LogP contribution < -0.4 is 5.56 Å². The SMILES string of the molecule is CN(Cc1ccccc1)C(=O)c1cn(-c2ccc(F)cc2F)c(=O)c2ccccc12. The van der Waals surface area contributed by atoms with E-state index in [0.717, 1.165) is 16.2 Å². The number of hydrogen-bond acceptors (Lipinski definition) is 2. The van der Waals surface area contributed by atoms with E-state index in [1.807, 2.05) is 30.3 Å². The van der Waals surface area contributed by atoms with Gasteiger partial charge in [0.25, 0.3) is 11.5 Å². The Morgan fingerprint density at radius 2 is 1.60 bits per heavy atom. The fourth-order valence-corrected chi connectivity index (χ4v) is 3.45. The molecule has 6 heteroatoms. The number of nitrogens with zero attached hydrogens (tertiary/aromatic N) is 2. The molecule has 0 unspecified atom stereocenters. The highest BCUT2D eigenvalue weighted by atomic mass is 19.1. The molecule has 1 amide bonds. The van der Waals surface area contributed by atoms with Crippen molar-refractivity contribution in [2.45, 2.75) is 6.54 Å². The topological polar surface area (TPSA) is 42.3 Å². The van der Waals surface area contributed by atoms with E-state index >= 15 is 0 Å². The second-order valence-electron chi connectivity index (χ2n) is 7.01. The fourth-order valence-electron chi connectivity index (χ4n) is 3.45. The van der Waals surface area contributed by atoms with Gasteiger partial charge in [-0.3, -0.25) is 14.2 Å². The van der Waals surface area contributed by atoms with E-state index < -0.39 is 17.2 Å². The summed E-state index contributed by atoms with van der Waals surface area (Å²) >= 11 is 0. The van der Waals surface area contributed by atoms with E-state index in [1.165, 1.54) is 17.2 Å². The monoisotopic (exact) mass is 404 g/mol. The fraction of sp³-hybridized carbons (Fsp3) is 0.0833. The van der Waals surface area contributed by atoms with Crippen molar-refractivity contribution in [3.8, 4) is 5.69 Å². The van der Waals surface area contributed by atoms with E-state index in [-0.39, 0.29) is 22.5 Å². The van der Waals surface area contributed by atoms with Gasteiger partial charge in [0.1, 0.15) is 11.6 Å². The van der Waals surface area contributed by atoms with Crippen LogP contribution in [0.25, 0.3) is 16.5 Å². The van der Waals surface area contributed by atoms with Crippen molar-refractivity contribution in [3.63, 3.8) is 0 Å². The van der Waals surface area contributed by atoms with Gasteiger partial charge in [-0.15, -0.1) is 0 Å². The predicted octanol–water partition coefficient (Wildman–Crippen LogP) is 4.54. The average Bonchev–Trinajstić information content (AvgIpc) is 2.75. The lowest BCUT2D eigenvalue weighted by Crippen LogP contribution is -2.29. The highest BCUT2D eigenvalue weighted by molar-refractivity contribution is 6.06. The molecule has 3 aromatic carbocycles. The van der Waals surface area contributed by atoms with Crippen LogP contribution in [0.3, 0.4) is 0 Å². The minimum Gasteiger partial charge on any atom is -0.337 e. The van der Waals surface area contributed by atoms with E-state index in [0.29, 0.717) is 18.0 Å². The number of carbonyl (C=O) groups is 1. The zero-order valence-corrected chi connectivity index (χ0v) is 16.2. The molecule has 0 bridgehead atoms. The van der Waals surface area contributed by atoms with Crippen molar-refractivity contribution in [3.05, 3.63) is 112 Å². The second-order valence-corrected chi connectivity index (χ2v) is 7.01. The summed E-state index contributed by atoms with van der Waals surface area (Å²) in [6.07, 6.45) is 1.32. The van der Waals surface area contributed by atoms with Crippen LogP contribution >= 0.6 is 0 Å². The molecule has 0 fully saturated rings. The summed E-state index contributed by atoms with van der Waals surface area (Å²) in [6, 6.07) is 19.1. The molecule has 1 heterocycles. The highest BCUT2D eigenvalue weighted by Crippen LogP contribution is 2.21. The van der Waals surface area contributed by atoms with Crippen LogP contribution in [0.1, 0.15) is 15.9 Å². The maximum absolute atomic E-state index is 14.4. The molecule has 1 aromatic heterocycles. The van der Waals surface area contributed by atoms with Gasteiger partial charge in [-0.05, 0) is 23.8 Å². The van der Waals surface area contributed by atoms with Crippen LogP contribution in [0.5, 0.6) is 0 Å². The molecule has 30 heavy (non-hydrogen) atoms. The summed E-state index contributed by atoms with van der Waals surface area (Å²) in [5.74, 6) is -1.95. The van der Waals surface area contributed by atoms with Gasteiger partial charge in [0.05, 0.1) is 11.3 Å². The molecule has 0 aliphatic rings. The Hall–Kier alpha value is -3.80. The Balaban J connectivity index is 1.86. The van der Waals surface area contributed by atoms with Crippen molar-refractivity contribution in [1.82, 2.24) is 9.47 Å². The standard InChI is InChI=1S/C24H18F2N2O2/c1-27(14-16-7-3-2-4-8-16)23(29)20-15-28(22-12-11-17(25)13-21(22)26)24(30)19-10-6-5-9-18(19)20/h2-13,15H,14H2,1H3. The molecular formula is C24H18F2N2O2. The number of benzene rings is 3. The molecule has 150 valence electrons. The Morgan fingerprint density at radius 3 is 2.30 bits per heavy atom. The lowest BCUT2D eigenvalue weighted by atomic mass is 10.1. The van der Waals surface area contributed by atoms with E-state index in [9.17, 15) is 18.4 Å². The molecule has 0 aliphatic heterocycles. The molecule has 0 aliphatic carbocycles. The quantitative estimate of drug-likeness (QED) is 0.501. The first-order valence-corrected chi connectivity index (χ1v) is 9.35. The maximum atomic E-state index is 14.4. The van der Waals surface area contributed by atoms with Crippen LogP contribution in [-0.2, 0) is 6.54 Å². The van der Waals surface area contributed by atoms with Crippen molar-refractivity contribution >= 4 is 16.7 Å². The first-order valence-electron chi connectivity index (χ1n) is 9.35. The summed E-state index contributed by atoms with van der Waals surface area (Å²) in [6.45, 7) is 0.373. The molecule has 0 atom stereocenters. The molecule has 0 spiro atoms. The minimum absolute atomic E-state index is 0.119. The van der Waals surface area contributed by atoms with Crippen LogP contribution in [0.2, 0.25) is 0 Å². The lowest BCUT2D eigenvalue weighted by Gasteiger charge is -2.20. The number of amides is 1. The van der Waals surface area contributed by atoms with E-state index in [2.05, 4.69) is 0 Å². The predicted molar refractivity (Wildman–Crippen MR) is 112 cm³/mol. The molecule has 0 radical (unpaired) electrons. The number of rotatable bonds is 4. The smallest absolute Gasteiger partial charge is 0.263 e. The van der Waals surface area contributed by atoms with Crippen LogP contribution in [0.15, 0.2) is 83.8 Å². The number of fused-ring (bicyclic) bond motifs is 1. The first kappa shape index (κ1) is 19.5. The average molecular weight is 404 g/mol. The summed E-state index contributed by atoms with van der Waals surface area (Å²) in [5, 5.41) is 0.756. The van der Waals surface area contributed by atoms with Gasteiger partial charge in [0, 0.05) is 36.6 Å². The maximum Gasteiger partial charge on any atom is 0.263 e. The normalized spacial score (nSPS) is 10.9. The van der Waals surface area contributed by atoms with E-state index in [1.54, 1.807) is 31.3 Å². The van der Waals surface area contributed by atoms with Gasteiger partial charge in [0.2, 0.25) is 0 Å². The largest absolute Gasteiger partial charge is 0.337 e. The molecule has 0 saturated carbocycles. The van der Waals surface area contributed by atoms with Crippen molar-refractivity contribution in [2.24, 2.45) is 0 Å². The molecular weight excluding hydrogens is 386 g/mol. The Morgan fingerprint density at radius 1 is 0.933 bits per heavy atom. The van der Waals surface area contributed by atoms with Crippen molar-refractivity contribution in [1.29, 1.82) is 0 Å². The number of hydrogen-bond donors (Lipinski definition) is 0. The number of pyridine rings is 1. The molecule has 0 saturated heterocycles. The minimum atomic E-state index is -0.886. The molecule has 4 nitrogen and oxygen atoms in total. The Kier molecular flexibility index (Phi) is 5.14. The Bertz CT molecular complexity index is 1300. The zero-order chi connectivity index (χ0) is 21.3. The van der Waals surface area contributed by atoms with Gasteiger partial charge in [0.15, 0.2) is 0 Å². The number of aromatic nitrogens is 1. The summed E-state index contributed by atoms with van der Waals surface area (Å²) in [5.41, 5.74) is 0.605. The third kappa shape index (κ3) is 3.59. The number of carbonyl (C=O) groups excluding carboxylic acids is 1. The zero-order valence-electron chi connectivity index (χ0n) is 16.2. The van der Waals surface area contributed by atoms with Gasteiger partial charge in [-0.2, -0.15) is 0 Å². The third-order valence-corrected chi connectivity index (χ3v) is 4.93. The van der Waals surface area contributed by atoms with Crippen LogP contribution in [0.4, 0.5) is 8.78 Å². The molecule has 4 rings (SSSR count). The highest BCUT2D eigenvalue weighted by Gasteiger charge is 2.20.